The van der Waals surface area contributed by atoms with E-state index in [0.717, 1.165) is 10.0 Å². The van der Waals surface area contributed by atoms with E-state index >= 15 is 0 Å². The smallest absolute Gasteiger partial charge is 0.132 e. The number of nitrogens with zero attached hydrogens (tertiary/aromatic N) is 1. The van der Waals surface area contributed by atoms with Gasteiger partial charge in [0.25, 0.3) is 0 Å². The third-order valence-corrected chi connectivity index (χ3v) is 2.15. The topological polar surface area (TPSA) is 20.2 Å². The molecule has 0 heterocycles. The van der Waals surface area contributed by atoms with Crippen LogP contribution in [0.2, 0.25) is 0 Å². The lowest BCUT2D eigenvalue weighted by molar-refractivity contribution is 0.199. The number of hydrogen-bond donors (Lipinski definition) is 1. The van der Waals surface area contributed by atoms with Crippen LogP contribution < -0.4 is 4.48 Å². The molecule has 0 aliphatic carbocycles. The summed E-state index contributed by atoms with van der Waals surface area (Å²) in [6.07, 6.45) is -0.374. The summed E-state index contributed by atoms with van der Waals surface area (Å²) in [4.78, 5) is 0. The first-order valence-corrected chi connectivity index (χ1v) is 4.51. The summed E-state index contributed by atoms with van der Waals surface area (Å²) in [6, 6.07) is 8.07. The van der Waals surface area contributed by atoms with E-state index in [2.05, 4.69) is 33.3 Å². The molecular formula is C11H18NO+. The molecule has 1 aromatic rings. The van der Waals surface area contributed by atoms with Gasteiger partial charge in [0.05, 0.1) is 27.2 Å². The summed E-state index contributed by atoms with van der Waals surface area (Å²) in [7, 11) is 6.37. The molecule has 0 amide bonds. The highest BCUT2D eigenvalue weighted by molar-refractivity contribution is 5.43. The molecule has 1 rings (SSSR count). The van der Waals surface area contributed by atoms with Crippen molar-refractivity contribution in [3.8, 4) is 0 Å². The zero-order valence-corrected chi connectivity index (χ0v) is 8.78. The Morgan fingerprint density at radius 2 is 1.54 bits per heavy atom. The summed E-state index contributed by atoms with van der Waals surface area (Å²) < 4.78 is 0.806. The second kappa shape index (κ2) is 3.48. The monoisotopic (exact) mass is 180 g/mol. The lowest BCUT2D eigenvalue weighted by Crippen LogP contribution is -2.34. The molecule has 2 nitrogen and oxygen atoms in total. The van der Waals surface area contributed by atoms with Gasteiger partial charge in [0.1, 0.15) is 5.69 Å². The van der Waals surface area contributed by atoms with Gasteiger partial charge in [-0.1, -0.05) is 12.1 Å². The summed E-state index contributed by atoms with van der Waals surface area (Å²) >= 11 is 0. The third kappa shape index (κ3) is 2.54. The van der Waals surface area contributed by atoms with Crippen molar-refractivity contribution in [1.82, 2.24) is 4.48 Å². The summed E-state index contributed by atoms with van der Waals surface area (Å²) in [6.45, 7) is 1.78. The molecule has 13 heavy (non-hydrogen) atoms. The van der Waals surface area contributed by atoms with Crippen LogP contribution in [0, 0.1) is 0 Å². The van der Waals surface area contributed by atoms with Gasteiger partial charge in [0, 0.05) is 0 Å². The summed E-state index contributed by atoms with van der Waals surface area (Å²) in [5.74, 6) is 0. The summed E-state index contributed by atoms with van der Waals surface area (Å²) in [5, 5.41) is 9.31. The van der Waals surface area contributed by atoms with Gasteiger partial charge in [0.15, 0.2) is 0 Å². The number of benzene rings is 1. The zero-order chi connectivity index (χ0) is 10.1. The molecule has 1 unspecified atom stereocenters. The molecule has 1 aromatic carbocycles. The van der Waals surface area contributed by atoms with Crippen LogP contribution in [-0.4, -0.2) is 26.2 Å². The minimum atomic E-state index is -0.374. The molecule has 0 radical (unpaired) electrons. The first-order valence-electron chi connectivity index (χ1n) is 4.51. The first-order chi connectivity index (χ1) is 5.91. The molecule has 1 atom stereocenters. The van der Waals surface area contributed by atoms with E-state index in [0.29, 0.717) is 0 Å². The van der Waals surface area contributed by atoms with Crippen LogP contribution in [0.3, 0.4) is 0 Å². The van der Waals surface area contributed by atoms with Crippen molar-refractivity contribution in [3.63, 3.8) is 0 Å². The van der Waals surface area contributed by atoms with Crippen LogP contribution in [0.5, 0.6) is 0 Å². The Bertz CT molecular complexity index is 269. The van der Waals surface area contributed by atoms with Gasteiger partial charge in [-0.15, -0.1) is 0 Å². The van der Waals surface area contributed by atoms with Crippen LogP contribution in [0.15, 0.2) is 24.3 Å². The fourth-order valence-electron chi connectivity index (χ4n) is 1.20. The molecule has 72 valence electrons. The number of aliphatic hydroxyl groups is 1. The normalized spacial score (nSPS) is 14.2. The molecule has 1 N–H and O–H groups in total. The minimum Gasteiger partial charge on any atom is -0.389 e. The Morgan fingerprint density at radius 3 is 1.85 bits per heavy atom. The Balaban J connectivity index is 2.94. The number of rotatable bonds is 2. The van der Waals surface area contributed by atoms with Gasteiger partial charge >= 0.3 is 0 Å². The third-order valence-electron chi connectivity index (χ3n) is 2.15. The first kappa shape index (κ1) is 10.2. The molecule has 2 heteroatoms. The van der Waals surface area contributed by atoms with E-state index in [1.54, 1.807) is 6.92 Å². The van der Waals surface area contributed by atoms with Gasteiger partial charge in [-0.3, -0.25) is 4.48 Å². The maximum absolute atomic E-state index is 9.31. The van der Waals surface area contributed by atoms with E-state index in [4.69, 9.17) is 0 Å². The van der Waals surface area contributed by atoms with Crippen LogP contribution in [0.1, 0.15) is 18.6 Å². The number of aliphatic hydroxyl groups excluding tert-OH is 1. The van der Waals surface area contributed by atoms with Crippen molar-refractivity contribution in [2.75, 3.05) is 21.1 Å². The van der Waals surface area contributed by atoms with Crippen LogP contribution in [0.4, 0.5) is 5.69 Å². The zero-order valence-electron chi connectivity index (χ0n) is 8.78. The number of quaternary nitrogens is 1. The maximum atomic E-state index is 9.31. The maximum Gasteiger partial charge on any atom is 0.132 e. The fraction of sp³-hybridized carbons (Fsp3) is 0.455. The van der Waals surface area contributed by atoms with Gasteiger partial charge < -0.3 is 5.11 Å². The molecule has 0 aromatic heterocycles. The van der Waals surface area contributed by atoms with Crippen molar-refractivity contribution in [1.29, 1.82) is 0 Å². The molecule has 0 saturated heterocycles. The van der Waals surface area contributed by atoms with E-state index in [-0.39, 0.29) is 6.10 Å². The minimum absolute atomic E-state index is 0.374. The van der Waals surface area contributed by atoms with Crippen LogP contribution in [-0.2, 0) is 0 Å². The Morgan fingerprint density at radius 1 is 1.08 bits per heavy atom. The van der Waals surface area contributed by atoms with Crippen molar-refractivity contribution in [3.05, 3.63) is 29.8 Å². The SMILES string of the molecule is CC(O)c1ccc([N+](C)(C)C)cc1. The van der Waals surface area contributed by atoms with Gasteiger partial charge in [-0.05, 0) is 24.6 Å². The molecular weight excluding hydrogens is 162 g/mol. The van der Waals surface area contributed by atoms with Crippen molar-refractivity contribution in [2.24, 2.45) is 0 Å². The Labute approximate surface area is 80.0 Å². The largest absolute Gasteiger partial charge is 0.389 e. The number of hydrogen-bond acceptors (Lipinski definition) is 1. The summed E-state index contributed by atoms with van der Waals surface area (Å²) in [5.41, 5.74) is 2.21. The fourth-order valence-corrected chi connectivity index (χ4v) is 1.20. The van der Waals surface area contributed by atoms with Crippen molar-refractivity contribution in [2.45, 2.75) is 13.0 Å². The highest BCUT2D eigenvalue weighted by atomic mass is 16.3. The predicted molar refractivity (Wildman–Crippen MR) is 56.6 cm³/mol. The molecule has 0 saturated carbocycles. The van der Waals surface area contributed by atoms with E-state index in [1.165, 1.54) is 5.69 Å². The van der Waals surface area contributed by atoms with Crippen LogP contribution >= 0.6 is 0 Å². The average molecular weight is 180 g/mol. The highest BCUT2D eigenvalue weighted by Gasteiger charge is 2.11. The molecule has 0 aliphatic rings. The molecule has 0 spiro atoms. The van der Waals surface area contributed by atoms with Gasteiger partial charge in [0.2, 0.25) is 0 Å². The Hall–Kier alpha value is -0.860. The Kier molecular flexibility index (Phi) is 2.74. The average Bonchev–Trinajstić information content (AvgIpc) is 2.03. The van der Waals surface area contributed by atoms with Gasteiger partial charge in [-0.2, -0.15) is 0 Å². The lowest BCUT2D eigenvalue weighted by atomic mass is 10.1. The highest BCUT2D eigenvalue weighted by Crippen LogP contribution is 2.20. The van der Waals surface area contributed by atoms with E-state index < -0.39 is 0 Å². The molecule has 0 fully saturated rings. The second-order valence-corrected chi connectivity index (χ2v) is 4.28. The lowest BCUT2D eigenvalue weighted by Gasteiger charge is -2.23. The molecule has 0 bridgehead atoms. The quantitative estimate of drug-likeness (QED) is 0.690. The molecule has 0 aliphatic heterocycles. The van der Waals surface area contributed by atoms with Crippen LogP contribution in [0.25, 0.3) is 0 Å². The van der Waals surface area contributed by atoms with E-state index in [9.17, 15) is 5.11 Å². The van der Waals surface area contributed by atoms with Crippen molar-refractivity contribution >= 4 is 5.69 Å². The second-order valence-electron chi connectivity index (χ2n) is 4.28. The standard InChI is InChI=1S/C11H18NO/c1-9(13)10-5-7-11(8-6-10)12(2,3)4/h5-9,13H,1-4H3/q+1. The van der Waals surface area contributed by atoms with Crippen molar-refractivity contribution < 1.29 is 5.11 Å². The van der Waals surface area contributed by atoms with Gasteiger partial charge in [-0.25, -0.2) is 0 Å². The van der Waals surface area contributed by atoms with E-state index in [1.807, 2.05) is 12.1 Å². The predicted octanol–water partition coefficient (Wildman–Crippen LogP) is 1.94.